The van der Waals surface area contributed by atoms with Gasteiger partial charge in [0.2, 0.25) is 0 Å². The summed E-state index contributed by atoms with van der Waals surface area (Å²) in [5.74, 6) is 0.690. The highest BCUT2D eigenvalue weighted by atomic mass is 35.5. The van der Waals surface area contributed by atoms with Gasteiger partial charge in [0.15, 0.2) is 5.96 Å². The zero-order chi connectivity index (χ0) is 16.5. The van der Waals surface area contributed by atoms with Gasteiger partial charge < -0.3 is 15.7 Å². The first-order valence-corrected chi connectivity index (χ1v) is 9.19. The molecule has 0 heterocycles. The zero-order valence-corrected chi connectivity index (χ0v) is 15.4. The Morgan fingerprint density at radius 3 is 2.45 bits per heavy atom. The van der Waals surface area contributed by atoms with Crippen LogP contribution in [0.3, 0.4) is 0 Å². The highest BCUT2D eigenvalue weighted by Gasteiger charge is 2.10. The van der Waals surface area contributed by atoms with Crippen molar-refractivity contribution in [3.05, 3.63) is 33.8 Å². The molecular formula is C15H23Cl2N3OS. The Balaban J connectivity index is 2.63. The van der Waals surface area contributed by atoms with Crippen LogP contribution in [0, 0.1) is 0 Å². The summed E-state index contributed by atoms with van der Waals surface area (Å²) in [6, 6.07) is 5.06. The van der Waals surface area contributed by atoms with Crippen LogP contribution in [0.2, 0.25) is 10.0 Å². The number of rotatable bonds is 7. The molecule has 4 nitrogen and oxygen atoms in total. The average molecular weight is 364 g/mol. The summed E-state index contributed by atoms with van der Waals surface area (Å²) in [4.78, 5) is 4.50. The predicted octanol–water partition coefficient (Wildman–Crippen LogP) is 3.33. The van der Waals surface area contributed by atoms with Gasteiger partial charge in [-0.05, 0) is 36.9 Å². The number of benzene rings is 1. The van der Waals surface area contributed by atoms with Gasteiger partial charge in [-0.15, -0.1) is 0 Å². The third kappa shape index (κ3) is 7.09. The van der Waals surface area contributed by atoms with E-state index in [1.54, 1.807) is 30.0 Å². The molecule has 0 bridgehead atoms. The molecule has 0 saturated heterocycles. The first kappa shape index (κ1) is 19.4. The fourth-order valence-corrected chi connectivity index (χ4v) is 2.48. The molecule has 1 aromatic rings. The minimum atomic E-state index is -0.710. The second-order valence-electron chi connectivity index (χ2n) is 4.87. The van der Waals surface area contributed by atoms with Crippen LogP contribution in [0.4, 0.5) is 0 Å². The van der Waals surface area contributed by atoms with Gasteiger partial charge in [-0.1, -0.05) is 30.1 Å². The van der Waals surface area contributed by atoms with E-state index in [1.807, 2.05) is 6.92 Å². The lowest BCUT2D eigenvalue weighted by Gasteiger charge is -2.16. The molecule has 0 fully saturated rings. The Kier molecular flexibility index (Phi) is 9.02. The molecule has 0 aliphatic carbocycles. The molecule has 0 spiro atoms. The maximum atomic E-state index is 10.2. The number of aliphatic hydroxyl groups is 1. The molecular weight excluding hydrogens is 341 g/mol. The van der Waals surface area contributed by atoms with Crippen LogP contribution in [-0.2, 0) is 0 Å². The summed E-state index contributed by atoms with van der Waals surface area (Å²) in [5.41, 5.74) is 0.679. The zero-order valence-electron chi connectivity index (χ0n) is 13.1. The number of hydrogen-bond acceptors (Lipinski definition) is 3. The molecule has 2 atom stereocenters. The van der Waals surface area contributed by atoms with E-state index in [2.05, 4.69) is 28.8 Å². The van der Waals surface area contributed by atoms with Gasteiger partial charge >= 0.3 is 0 Å². The molecule has 1 aromatic carbocycles. The van der Waals surface area contributed by atoms with E-state index >= 15 is 0 Å². The molecule has 0 aliphatic rings. The highest BCUT2D eigenvalue weighted by molar-refractivity contribution is 7.99. The van der Waals surface area contributed by atoms with Crippen LogP contribution >= 0.6 is 35.0 Å². The van der Waals surface area contributed by atoms with Crippen molar-refractivity contribution >= 4 is 40.9 Å². The molecule has 3 N–H and O–H groups in total. The maximum absolute atomic E-state index is 10.2. The molecule has 7 heteroatoms. The van der Waals surface area contributed by atoms with E-state index in [0.717, 1.165) is 13.1 Å². The lowest BCUT2D eigenvalue weighted by Crippen LogP contribution is -2.39. The predicted molar refractivity (Wildman–Crippen MR) is 98.4 cm³/mol. The second kappa shape index (κ2) is 10.2. The molecule has 0 aromatic heterocycles. The summed E-state index contributed by atoms with van der Waals surface area (Å²) in [5, 5.41) is 18.0. The number of hydrogen-bond donors (Lipinski definition) is 3. The van der Waals surface area contributed by atoms with Gasteiger partial charge in [-0.25, -0.2) is 0 Å². The molecule has 0 amide bonds. The number of guanidine groups is 1. The van der Waals surface area contributed by atoms with E-state index < -0.39 is 6.10 Å². The molecule has 22 heavy (non-hydrogen) atoms. The van der Waals surface area contributed by atoms with Crippen molar-refractivity contribution in [2.24, 2.45) is 4.99 Å². The van der Waals surface area contributed by atoms with Crippen LogP contribution in [0.1, 0.15) is 25.5 Å². The van der Waals surface area contributed by atoms with Gasteiger partial charge in [-0.2, -0.15) is 11.8 Å². The van der Waals surface area contributed by atoms with Crippen LogP contribution in [0.25, 0.3) is 0 Å². The first-order chi connectivity index (χ1) is 10.5. The molecule has 124 valence electrons. The largest absolute Gasteiger partial charge is 0.387 e. The Bertz CT molecular complexity index is 479. The van der Waals surface area contributed by atoms with Gasteiger partial charge in [0.1, 0.15) is 0 Å². The average Bonchev–Trinajstić information content (AvgIpc) is 2.48. The topological polar surface area (TPSA) is 56.7 Å². The van der Waals surface area contributed by atoms with Gasteiger partial charge in [0, 0.05) is 28.4 Å². The van der Waals surface area contributed by atoms with Crippen LogP contribution < -0.4 is 10.6 Å². The van der Waals surface area contributed by atoms with Crippen molar-refractivity contribution in [2.45, 2.75) is 25.2 Å². The maximum Gasteiger partial charge on any atom is 0.191 e. The summed E-state index contributed by atoms with van der Waals surface area (Å²) in [6.07, 6.45) is 1.35. The van der Waals surface area contributed by atoms with E-state index in [9.17, 15) is 5.11 Å². The molecule has 0 aliphatic heterocycles. The fourth-order valence-electron chi connectivity index (χ4n) is 1.71. The number of nitrogens with zero attached hydrogens (tertiary/aromatic N) is 1. The van der Waals surface area contributed by atoms with Crippen molar-refractivity contribution in [2.75, 3.05) is 25.9 Å². The number of aliphatic imine (C=N–C) groups is 1. The van der Waals surface area contributed by atoms with Crippen LogP contribution in [0.5, 0.6) is 0 Å². The van der Waals surface area contributed by atoms with Gasteiger partial charge in [-0.3, -0.25) is 4.99 Å². The molecule has 1 rings (SSSR count). The minimum Gasteiger partial charge on any atom is -0.387 e. The van der Waals surface area contributed by atoms with E-state index in [1.165, 1.54) is 0 Å². The highest BCUT2D eigenvalue weighted by Crippen LogP contribution is 2.23. The van der Waals surface area contributed by atoms with E-state index in [4.69, 9.17) is 23.2 Å². The molecule has 2 unspecified atom stereocenters. The third-order valence-corrected chi connectivity index (χ3v) is 4.38. The number of aliphatic hydroxyl groups excluding tert-OH is 1. The number of halogens is 2. The SMILES string of the molecule is CCNC(=NCC(C)SC)NCC(O)c1cc(Cl)cc(Cl)c1. The molecule has 0 saturated carbocycles. The van der Waals surface area contributed by atoms with E-state index in [0.29, 0.717) is 33.4 Å². The number of thioether (sulfide) groups is 1. The van der Waals surface area contributed by atoms with Crippen LogP contribution in [-0.4, -0.2) is 42.2 Å². The first-order valence-electron chi connectivity index (χ1n) is 7.15. The monoisotopic (exact) mass is 363 g/mol. The number of nitrogens with one attached hydrogen (secondary N) is 2. The van der Waals surface area contributed by atoms with Crippen molar-refractivity contribution in [1.82, 2.24) is 10.6 Å². The quantitative estimate of drug-likeness (QED) is 0.513. The lowest BCUT2D eigenvalue weighted by molar-refractivity contribution is 0.181. The van der Waals surface area contributed by atoms with E-state index in [-0.39, 0.29) is 0 Å². The summed E-state index contributed by atoms with van der Waals surface area (Å²) in [7, 11) is 0. The summed E-state index contributed by atoms with van der Waals surface area (Å²) >= 11 is 13.7. The van der Waals surface area contributed by atoms with Crippen molar-refractivity contribution in [3.63, 3.8) is 0 Å². The smallest absolute Gasteiger partial charge is 0.191 e. The van der Waals surface area contributed by atoms with Gasteiger partial charge in [0.05, 0.1) is 12.6 Å². The van der Waals surface area contributed by atoms with Crippen molar-refractivity contribution < 1.29 is 5.11 Å². The fraction of sp³-hybridized carbons (Fsp3) is 0.533. The Labute approximate surface area is 146 Å². The standard InChI is InChI=1S/C15H23Cl2N3OS/c1-4-18-15(19-8-10(2)22-3)20-9-14(21)11-5-12(16)7-13(17)6-11/h5-7,10,14,21H,4,8-9H2,1-3H3,(H2,18,19,20). The third-order valence-electron chi connectivity index (χ3n) is 2.99. The second-order valence-corrected chi connectivity index (χ2v) is 7.01. The lowest BCUT2D eigenvalue weighted by atomic mass is 10.1. The summed E-state index contributed by atoms with van der Waals surface area (Å²) < 4.78 is 0. The molecule has 0 radical (unpaired) electrons. The Morgan fingerprint density at radius 1 is 1.27 bits per heavy atom. The Hall–Kier alpha value is -0.620. The Morgan fingerprint density at radius 2 is 1.91 bits per heavy atom. The van der Waals surface area contributed by atoms with Crippen LogP contribution in [0.15, 0.2) is 23.2 Å². The summed E-state index contributed by atoms with van der Waals surface area (Å²) in [6.45, 7) is 5.94. The normalized spacial score (nSPS) is 14.5. The van der Waals surface area contributed by atoms with Gasteiger partial charge in [0.25, 0.3) is 0 Å². The minimum absolute atomic E-state index is 0.330. The van der Waals surface area contributed by atoms with Crippen molar-refractivity contribution in [1.29, 1.82) is 0 Å². The van der Waals surface area contributed by atoms with Crippen molar-refractivity contribution in [3.8, 4) is 0 Å².